The standard InChI is InChI=1S/C18H22FNO/c1-4-11-20-14(3)13(2)12-17-9-10-18(21-17)15-5-7-16(19)8-6-15/h5-10,12,14,20H,4,11H2,1-3H3/b13-12+. The number of hydrogen-bond acceptors (Lipinski definition) is 2. The van der Waals surface area contributed by atoms with Gasteiger partial charge in [-0.05, 0) is 69.3 Å². The fourth-order valence-electron chi connectivity index (χ4n) is 2.07. The van der Waals surface area contributed by atoms with E-state index in [4.69, 9.17) is 4.42 Å². The minimum Gasteiger partial charge on any atom is -0.457 e. The average Bonchev–Trinajstić information content (AvgIpc) is 2.93. The first-order chi connectivity index (χ1) is 10.1. The van der Waals surface area contributed by atoms with Gasteiger partial charge >= 0.3 is 0 Å². The monoisotopic (exact) mass is 287 g/mol. The molecule has 2 rings (SSSR count). The number of nitrogens with one attached hydrogen (secondary N) is 1. The molecule has 21 heavy (non-hydrogen) atoms. The molecule has 0 aliphatic rings. The van der Waals surface area contributed by atoms with Gasteiger partial charge < -0.3 is 9.73 Å². The van der Waals surface area contributed by atoms with Crippen LogP contribution < -0.4 is 5.32 Å². The zero-order chi connectivity index (χ0) is 15.2. The summed E-state index contributed by atoms with van der Waals surface area (Å²) in [5.74, 6) is 1.33. The second-order valence-corrected chi connectivity index (χ2v) is 5.27. The molecule has 0 saturated heterocycles. The molecular weight excluding hydrogens is 265 g/mol. The fourth-order valence-corrected chi connectivity index (χ4v) is 2.07. The maximum absolute atomic E-state index is 12.9. The second-order valence-electron chi connectivity index (χ2n) is 5.27. The lowest BCUT2D eigenvalue weighted by molar-refractivity contribution is 0.567. The Morgan fingerprint density at radius 3 is 2.62 bits per heavy atom. The number of hydrogen-bond donors (Lipinski definition) is 1. The molecule has 0 saturated carbocycles. The molecule has 1 N–H and O–H groups in total. The van der Waals surface area contributed by atoms with E-state index in [0.717, 1.165) is 30.0 Å². The second kappa shape index (κ2) is 7.23. The van der Waals surface area contributed by atoms with E-state index < -0.39 is 0 Å². The molecule has 1 aromatic carbocycles. The molecule has 0 amide bonds. The van der Waals surface area contributed by atoms with Gasteiger partial charge in [0.2, 0.25) is 0 Å². The van der Waals surface area contributed by atoms with Crippen molar-refractivity contribution in [1.82, 2.24) is 5.32 Å². The summed E-state index contributed by atoms with van der Waals surface area (Å²) in [4.78, 5) is 0. The SMILES string of the molecule is CCCNC(C)/C(C)=C/c1ccc(-c2ccc(F)cc2)o1. The van der Waals surface area contributed by atoms with Crippen LogP contribution in [0.2, 0.25) is 0 Å². The Kier molecular flexibility index (Phi) is 5.34. The quantitative estimate of drug-likeness (QED) is 0.819. The fraction of sp³-hybridized carbons (Fsp3) is 0.333. The van der Waals surface area contributed by atoms with Crippen LogP contribution in [-0.2, 0) is 0 Å². The van der Waals surface area contributed by atoms with Gasteiger partial charge in [-0.25, -0.2) is 4.39 Å². The van der Waals surface area contributed by atoms with E-state index in [1.165, 1.54) is 17.7 Å². The Hall–Kier alpha value is -1.87. The lowest BCUT2D eigenvalue weighted by Gasteiger charge is -2.13. The van der Waals surface area contributed by atoms with Crippen LogP contribution >= 0.6 is 0 Å². The van der Waals surface area contributed by atoms with Crippen molar-refractivity contribution in [2.24, 2.45) is 0 Å². The molecule has 0 bridgehead atoms. The first-order valence-electron chi connectivity index (χ1n) is 7.37. The van der Waals surface area contributed by atoms with E-state index in [0.29, 0.717) is 6.04 Å². The largest absolute Gasteiger partial charge is 0.457 e. The highest BCUT2D eigenvalue weighted by Gasteiger charge is 2.06. The predicted octanol–water partition coefficient (Wildman–Crippen LogP) is 4.88. The molecule has 0 fully saturated rings. The summed E-state index contributed by atoms with van der Waals surface area (Å²) in [7, 11) is 0. The molecule has 1 atom stereocenters. The molecule has 2 nitrogen and oxygen atoms in total. The molecule has 112 valence electrons. The van der Waals surface area contributed by atoms with Crippen LogP contribution in [0.25, 0.3) is 17.4 Å². The zero-order valence-corrected chi connectivity index (χ0v) is 12.8. The Balaban J connectivity index is 2.10. The van der Waals surface area contributed by atoms with Crippen molar-refractivity contribution in [3.05, 3.63) is 53.5 Å². The van der Waals surface area contributed by atoms with Crippen molar-refractivity contribution < 1.29 is 8.81 Å². The Morgan fingerprint density at radius 2 is 1.95 bits per heavy atom. The van der Waals surface area contributed by atoms with Crippen LogP contribution in [0.15, 0.2) is 46.4 Å². The van der Waals surface area contributed by atoms with Crippen molar-refractivity contribution in [3.8, 4) is 11.3 Å². The van der Waals surface area contributed by atoms with Gasteiger partial charge in [0, 0.05) is 11.6 Å². The van der Waals surface area contributed by atoms with Gasteiger partial charge in [-0.15, -0.1) is 0 Å². The summed E-state index contributed by atoms with van der Waals surface area (Å²) < 4.78 is 18.7. The average molecular weight is 287 g/mol. The minimum absolute atomic E-state index is 0.239. The van der Waals surface area contributed by atoms with Gasteiger partial charge in [-0.1, -0.05) is 12.5 Å². The molecule has 0 spiro atoms. The minimum atomic E-state index is -0.239. The molecule has 2 aromatic rings. The molecular formula is C18H22FNO. The lowest BCUT2D eigenvalue weighted by atomic mass is 10.1. The van der Waals surface area contributed by atoms with Crippen molar-refractivity contribution in [2.75, 3.05) is 6.54 Å². The number of benzene rings is 1. The predicted molar refractivity (Wildman–Crippen MR) is 85.5 cm³/mol. The maximum Gasteiger partial charge on any atom is 0.134 e. The van der Waals surface area contributed by atoms with Crippen molar-refractivity contribution >= 4 is 6.08 Å². The Bertz CT molecular complexity index is 598. The Morgan fingerprint density at radius 1 is 1.24 bits per heavy atom. The highest BCUT2D eigenvalue weighted by Crippen LogP contribution is 2.24. The summed E-state index contributed by atoms with van der Waals surface area (Å²) in [5.41, 5.74) is 2.11. The van der Waals surface area contributed by atoms with E-state index in [1.807, 2.05) is 18.2 Å². The molecule has 0 aliphatic carbocycles. The third-order valence-electron chi connectivity index (χ3n) is 3.51. The number of furan rings is 1. The van der Waals surface area contributed by atoms with Crippen molar-refractivity contribution in [3.63, 3.8) is 0 Å². The molecule has 1 aromatic heterocycles. The summed E-state index contributed by atoms with van der Waals surface area (Å²) in [6, 6.07) is 10.5. The smallest absolute Gasteiger partial charge is 0.134 e. The molecule has 0 aliphatic heterocycles. The van der Waals surface area contributed by atoms with Gasteiger partial charge in [0.05, 0.1) is 0 Å². The van der Waals surface area contributed by atoms with E-state index in [1.54, 1.807) is 12.1 Å². The van der Waals surface area contributed by atoms with Gasteiger partial charge in [0.15, 0.2) is 0 Å². The highest BCUT2D eigenvalue weighted by molar-refractivity contribution is 5.60. The van der Waals surface area contributed by atoms with E-state index in [-0.39, 0.29) is 5.82 Å². The summed E-state index contributed by atoms with van der Waals surface area (Å²) in [5, 5.41) is 3.45. The van der Waals surface area contributed by atoms with Crippen molar-refractivity contribution in [1.29, 1.82) is 0 Å². The highest BCUT2D eigenvalue weighted by atomic mass is 19.1. The third-order valence-corrected chi connectivity index (χ3v) is 3.51. The van der Waals surface area contributed by atoms with Crippen LogP contribution in [-0.4, -0.2) is 12.6 Å². The van der Waals surface area contributed by atoms with Crippen molar-refractivity contribution in [2.45, 2.75) is 33.2 Å². The van der Waals surface area contributed by atoms with Crippen LogP contribution in [0, 0.1) is 5.82 Å². The first kappa shape index (κ1) is 15.5. The lowest BCUT2D eigenvalue weighted by Crippen LogP contribution is -2.27. The molecule has 3 heteroatoms. The molecule has 0 radical (unpaired) electrons. The number of rotatable bonds is 6. The van der Waals surface area contributed by atoms with Gasteiger partial charge in [0.25, 0.3) is 0 Å². The number of halogens is 1. The normalized spacial score (nSPS) is 13.4. The first-order valence-corrected chi connectivity index (χ1v) is 7.37. The van der Waals surface area contributed by atoms with Gasteiger partial charge in [-0.3, -0.25) is 0 Å². The topological polar surface area (TPSA) is 25.2 Å². The van der Waals surface area contributed by atoms with Crippen LogP contribution in [0.4, 0.5) is 4.39 Å². The van der Waals surface area contributed by atoms with Crippen LogP contribution in [0.1, 0.15) is 33.0 Å². The van der Waals surface area contributed by atoms with Gasteiger partial charge in [0.1, 0.15) is 17.3 Å². The van der Waals surface area contributed by atoms with Gasteiger partial charge in [-0.2, -0.15) is 0 Å². The Labute approximate surface area is 125 Å². The van der Waals surface area contributed by atoms with E-state index in [9.17, 15) is 4.39 Å². The third kappa shape index (κ3) is 4.30. The summed E-state index contributed by atoms with van der Waals surface area (Å²) >= 11 is 0. The maximum atomic E-state index is 12.9. The van der Waals surface area contributed by atoms with E-state index >= 15 is 0 Å². The summed E-state index contributed by atoms with van der Waals surface area (Å²) in [6.07, 6.45) is 3.16. The summed E-state index contributed by atoms with van der Waals surface area (Å²) in [6.45, 7) is 7.39. The van der Waals surface area contributed by atoms with Crippen LogP contribution in [0.3, 0.4) is 0 Å². The van der Waals surface area contributed by atoms with Crippen LogP contribution in [0.5, 0.6) is 0 Å². The molecule has 1 heterocycles. The van der Waals surface area contributed by atoms with E-state index in [2.05, 4.69) is 26.1 Å². The molecule has 1 unspecified atom stereocenters. The zero-order valence-electron chi connectivity index (χ0n) is 12.8.